The summed E-state index contributed by atoms with van der Waals surface area (Å²) in [5.74, 6) is 0.0953. The van der Waals surface area contributed by atoms with E-state index >= 15 is 0 Å². The van der Waals surface area contributed by atoms with Crippen LogP contribution in [0.5, 0.6) is 0 Å². The lowest BCUT2D eigenvalue weighted by atomic mass is 9.95. The maximum absolute atomic E-state index is 14.2. The van der Waals surface area contributed by atoms with Gasteiger partial charge in [0.25, 0.3) is 39.3 Å². The van der Waals surface area contributed by atoms with Crippen molar-refractivity contribution < 1.29 is 4.79 Å². The van der Waals surface area contributed by atoms with Gasteiger partial charge >= 0.3 is 0 Å². The fraction of sp³-hybridized carbons (Fsp3) is 0. The van der Waals surface area contributed by atoms with Crippen LogP contribution >= 0.6 is 62.3 Å². The number of carbonyl (C=O) groups is 1. The smallest absolute Gasteiger partial charge is 0.266 e. The van der Waals surface area contributed by atoms with Gasteiger partial charge in [-0.05, 0) is 184 Å². The molecule has 12 aromatic heterocycles. The number of fused-ring (bicyclic) bond motifs is 25. The molecule has 0 bridgehead atoms. The molecule has 2 aliphatic heterocycles. The zero-order valence-electron chi connectivity index (χ0n) is 74.4. The van der Waals surface area contributed by atoms with Crippen molar-refractivity contribution in [1.29, 1.82) is 0 Å². The summed E-state index contributed by atoms with van der Waals surface area (Å²) < 4.78 is 11.4. The number of amides is 1. The second kappa shape index (κ2) is 29.9. The minimum absolute atomic E-state index is 0.0101. The van der Waals surface area contributed by atoms with Gasteiger partial charge in [-0.1, -0.05) is 250 Å². The first-order valence-electron chi connectivity index (χ1n) is 46.3. The maximum Gasteiger partial charge on any atom is 0.266 e. The largest absolute Gasteiger partial charge is 0.276 e. The highest BCUT2D eigenvalue weighted by atomic mass is 79.9. The Kier molecular flexibility index (Phi) is 17.0. The molecule has 0 saturated carbocycles. The fourth-order valence-electron chi connectivity index (χ4n) is 23.2. The van der Waals surface area contributed by atoms with Gasteiger partial charge in [0, 0.05) is 128 Å². The van der Waals surface area contributed by atoms with Gasteiger partial charge in [0.15, 0.2) is 5.84 Å². The van der Waals surface area contributed by atoms with Crippen molar-refractivity contribution in [2.45, 2.75) is 0 Å². The number of pyridine rings is 6. The summed E-state index contributed by atoms with van der Waals surface area (Å²) in [6.45, 7) is 0. The Balaban J connectivity index is 0.0000000859. The van der Waals surface area contributed by atoms with Crippen LogP contribution in [0, 0.1) is 0 Å². The van der Waals surface area contributed by atoms with Crippen LogP contribution in [0.4, 0.5) is 11.4 Å². The zero-order valence-corrected chi connectivity index (χ0v) is 79.0. The van der Waals surface area contributed by atoms with Crippen LogP contribution in [0.25, 0.3) is 251 Å². The number of imidazole rings is 2. The molecule has 0 fully saturated rings. The van der Waals surface area contributed by atoms with Gasteiger partial charge in [0.2, 0.25) is 0 Å². The maximum atomic E-state index is 14.2. The number of aliphatic imine (C=N–C) groups is 1. The molecule has 0 aliphatic carbocycles. The van der Waals surface area contributed by atoms with Crippen molar-refractivity contribution >= 4 is 336 Å². The van der Waals surface area contributed by atoms with Gasteiger partial charge in [-0.15, -0.1) is 0 Å². The highest BCUT2D eigenvalue weighted by Crippen LogP contribution is 2.51. The highest BCUT2D eigenvalue weighted by Gasteiger charge is 2.44. The third kappa shape index (κ3) is 11.0. The molecule has 14 heterocycles. The molecule has 2 aliphatic rings. The average molecular weight is 2000 g/mol. The molecule has 0 atom stereocenters. The van der Waals surface area contributed by atoms with Gasteiger partial charge < -0.3 is 0 Å². The lowest BCUT2D eigenvalue weighted by Gasteiger charge is -2.24. The van der Waals surface area contributed by atoms with Crippen LogP contribution in [0.1, 0.15) is 15.9 Å². The molecule has 20 aromatic carbocycles. The summed E-state index contributed by atoms with van der Waals surface area (Å²) in [4.78, 5) is 126. The number of anilines is 1. The highest BCUT2D eigenvalue weighted by molar-refractivity contribution is 9.10. The van der Waals surface area contributed by atoms with E-state index in [0.717, 1.165) is 222 Å². The SMILES string of the molecule is O=C1c2c(Cl)c(Cl)c(Cl)c(Cl)c2C2=Nc3cccc4cccc(c34)N12.O=c1c2ccc3c(=O)n4c5cccc6cccc(nc4c4ccc(c2c34)c2nc3cccc4cccc(c43)n12)c65.O=c1c2ccc3c(=O)n4c5cccc6cccc(nc4c4ccc(c2c34)c2nc3ccccc3n12)c65.O=c1c2cccc3cccc(c32)c2cc3ccccc3n12.O=c1c2cccc3cccc(c32)c2nc3cc(Br)ccc3n12. The van der Waals surface area contributed by atoms with E-state index in [-0.39, 0.29) is 64.9 Å². The number of hydrogen-bond donors (Lipinski definition) is 0. The van der Waals surface area contributed by atoms with Crippen LogP contribution in [-0.4, -0.2) is 63.1 Å². The predicted octanol–water partition coefficient (Wildman–Crippen LogP) is 27.2. The lowest BCUT2D eigenvalue weighted by Crippen LogP contribution is -2.31. The van der Waals surface area contributed by atoms with Gasteiger partial charge in [0.1, 0.15) is 28.2 Å². The van der Waals surface area contributed by atoms with E-state index in [1.54, 1.807) is 46.3 Å². The third-order valence-electron chi connectivity index (χ3n) is 29.2. The molecule has 0 radical (unpaired) electrons. The Morgan fingerprint density at radius 2 is 0.528 bits per heavy atom. The van der Waals surface area contributed by atoms with Gasteiger partial charge in [0.05, 0.1) is 109 Å². The summed E-state index contributed by atoms with van der Waals surface area (Å²) in [6.07, 6.45) is 0. The van der Waals surface area contributed by atoms with Crippen LogP contribution < -0.4 is 38.3 Å². The number of amidine groups is 1. The Hall–Kier alpha value is -17.8. The molecule has 0 unspecified atom stereocenters. The Labute approximate surface area is 833 Å². The summed E-state index contributed by atoms with van der Waals surface area (Å²) in [7, 11) is 0. The molecular formula is C119H56BrCl4N13O7. The molecule has 0 spiro atoms. The lowest BCUT2D eigenvalue weighted by molar-refractivity contribution is 0.101. The monoisotopic (exact) mass is 2000 g/mol. The van der Waals surface area contributed by atoms with Crippen molar-refractivity contribution in [1.82, 2.24) is 51.3 Å². The Morgan fingerprint density at radius 3 is 1.01 bits per heavy atom. The number of nitrogens with zero attached hydrogens (tertiary/aromatic N) is 13. The fourth-order valence-corrected chi connectivity index (χ4v) is 24.5. The molecule has 144 heavy (non-hydrogen) atoms. The summed E-state index contributed by atoms with van der Waals surface area (Å²) in [5, 5.41) is 26.1. The first-order chi connectivity index (χ1) is 70.5. The number of hydrogen-bond acceptors (Lipinski definition) is 13. The van der Waals surface area contributed by atoms with Crippen molar-refractivity contribution in [3.8, 4) is 0 Å². The second-order valence-corrected chi connectivity index (χ2v) is 38.9. The topological polar surface area (TPSA) is 226 Å². The first-order valence-corrected chi connectivity index (χ1v) is 48.6. The van der Waals surface area contributed by atoms with Crippen molar-refractivity contribution in [3.05, 3.63) is 438 Å². The van der Waals surface area contributed by atoms with E-state index in [2.05, 4.69) is 57.3 Å². The Bertz CT molecular complexity index is 11800. The summed E-state index contributed by atoms with van der Waals surface area (Å²) in [5.41, 5.74) is 14.9. The van der Waals surface area contributed by atoms with Gasteiger partial charge in [-0.3, -0.25) is 64.9 Å². The molecule has 25 heteroatoms. The van der Waals surface area contributed by atoms with Gasteiger partial charge in [-0.2, -0.15) is 0 Å². The Morgan fingerprint density at radius 1 is 0.215 bits per heavy atom. The molecular weight excluding hydrogens is 1950 g/mol. The van der Waals surface area contributed by atoms with Crippen molar-refractivity contribution in [2.75, 3.05) is 4.90 Å². The molecule has 32 aromatic rings. The molecule has 674 valence electrons. The van der Waals surface area contributed by atoms with E-state index < -0.39 is 0 Å². The minimum atomic E-state index is -0.318. The molecule has 1 amide bonds. The number of benzene rings is 20. The zero-order chi connectivity index (χ0) is 96.3. The number of carbonyl (C=O) groups excluding carboxylic acids is 1. The predicted molar refractivity (Wildman–Crippen MR) is 589 cm³/mol. The number of para-hydroxylation sites is 3. The average Bonchev–Trinajstić information content (AvgIpc) is 0.897. The summed E-state index contributed by atoms with van der Waals surface area (Å²) >= 11 is 28.5. The minimum Gasteiger partial charge on any atom is -0.276 e. The number of aromatic nitrogens is 11. The molecule has 34 rings (SSSR count). The third-order valence-corrected chi connectivity index (χ3v) is 31.5. The number of halogens is 5. The molecule has 0 N–H and O–H groups in total. The van der Waals surface area contributed by atoms with Crippen molar-refractivity contribution in [2.24, 2.45) is 4.99 Å². The standard InChI is InChI=1S/C34H16N4O2.C30H14N4O2.C19H11NO.C18H9BrN2O.C18H6Cl4N2O/c39-33-21-15-16-22-30-20(32-36-24-10-2-6-18-8-4-12-26(28(18)24)38(32)34(22)40)14-13-19(29(21)30)31-35-23-9-1-5-17-7-3-11-25(27(17)23)37(31)33;35-29-18-13-14-19-26-17(12-11-16(25(18)26)27-31-20-7-1-2-9-22(20)33(27)29)28-32-21-8-3-5-15-6-4-10-23(24(15)21)34(28)30(19)36;21-19-15-9-4-7-12-6-3-8-14(18(12)15)17-11-13-5-1-2-10-16(13)20(17)19;19-11-7-8-15-14(9-11)20-17-12-5-1-3-10-4-2-6-13(16(10)12)18(22)21(15)17;19-13-11-12(14(20)16(22)15(13)21)18(25)24-9-6-2-4-7-3-1-5-8(10(7)9)23-17(11)24/h1-16H;1-14H;1-11H;1-9H;1-6H. The van der Waals surface area contributed by atoms with Gasteiger partial charge in [-0.25, -0.2) is 29.9 Å². The van der Waals surface area contributed by atoms with Crippen LogP contribution in [-0.2, 0) is 0 Å². The van der Waals surface area contributed by atoms with Crippen LogP contribution in [0.15, 0.2) is 378 Å². The molecule has 0 saturated heterocycles. The van der Waals surface area contributed by atoms with E-state index in [9.17, 15) is 33.6 Å². The summed E-state index contributed by atoms with van der Waals surface area (Å²) in [6, 6.07) is 110. The van der Waals surface area contributed by atoms with E-state index in [4.69, 9.17) is 71.3 Å². The first kappa shape index (κ1) is 82.1. The van der Waals surface area contributed by atoms with E-state index in [0.29, 0.717) is 55.5 Å². The quantitative estimate of drug-likeness (QED) is 0.0598. The van der Waals surface area contributed by atoms with E-state index in [1.807, 2.05) is 283 Å². The van der Waals surface area contributed by atoms with Crippen LogP contribution in [0.3, 0.4) is 0 Å². The normalized spacial score (nSPS) is 12.8. The van der Waals surface area contributed by atoms with Crippen molar-refractivity contribution in [3.63, 3.8) is 0 Å². The van der Waals surface area contributed by atoms with E-state index in [1.165, 1.54) is 4.90 Å². The molecule has 20 nitrogen and oxygen atoms in total. The van der Waals surface area contributed by atoms with Crippen LogP contribution in [0.2, 0.25) is 20.1 Å². The number of rotatable bonds is 0. The second-order valence-electron chi connectivity index (χ2n) is 36.5.